The average Bonchev–Trinajstić information content (AvgIpc) is 2.59. The lowest BCUT2D eigenvalue weighted by molar-refractivity contribution is -0.00348. The third-order valence-corrected chi connectivity index (χ3v) is 2.85. The number of hydrogen-bond donors (Lipinski definition) is 2. The molecular formula is C9H9NO4S. The molecule has 80 valence electrons. The monoisotopic (exact) mass is 227 g/mol. The first-order valence-corrected chi connectivity index (χ1v) is 5.31. The Labute approximate surface area is 89.7 Å². The maximum atomic E-state index is 11.6. The van der Waals surface area contributed by atoms with Gasteiger partial charge in [-0.2, -0.15) is 11.3 Å². The van der Waals surface area contributed by atoms with Gasteiger partial charge in [0.25, 0.3) is 5.91 Å². The van der Waals surface area contributed by atoms with E-state index in [0.717, 1.165) is 0 Å². The zero-order chi connectivity index (χ0) is 10.8. The Morgan fingerprint density at radius 1 is 1.40 bits per heavy atom. The molecule has 15 heavy (non-hydrogen) atoms. The van der Waals surface area contributed by atoms with E-state index in [-0.39, 0.29) is 23.1 Å². The van der Waals surface area contributed by atoms with Gasteiger partial charge in [0.15, 0.2) is 0 Å². The topological polar surface area (TPSA) is 75.6 Å². The van der Waals surface area contributed by atoms with Crippen LogP contribution in [0.1, 0.15) is 20.7 Å². The highest BCUT2D eigenvalue weighted by molar-refractivity contribution is 7.08. The summed E-state index contributed by atoms with van der Waals surface area (Å²) in [5, 5.41) is 14.5. The Morgan fingerprint density at radius 2 is 2.07 bits per heavy atom. The molecule has 1 saturated heterocycles. The minimum absolute atomic E-state index is 0.0130. The van der Waals surface area contributed by atoms with Crippen molar-refractivity contribution < 1.29 is 19.4 Å². The minimum Gasteiger partial charge on any atom is -0.478 e. The number of rotatable bonds is 3. The van der Waals surface area contributed by atoms with Crippen molar-refractivity contribution in [3.63, 3.8) is 0 Å². The Morgan fingerprint density at radius 3 is 2.60 bits per heavy atom. The molecule has 0 radical (unpaired) electrons. The molecule has 1 fully saturated rings. The molecule has 2 N–H and O–H groups in total. The van der Waals surface area contributed by atoms with Gasteiger partial charge in [-0.05, 0) is 0 Å². The Bertz CT molecular complexity index is 397. The van der Waals surface area contributed by atoms with Crippen molar-refractivity contribution in [3.8, 4) is 0 Å². The lowest BCUT2D eigenvalue weighted by atomic mass is 10.1. The Hall–Kier alpha value is -1.40. The predicted molar refractivity (Wildman–Crippen MR) is 53.4 cm³/mol. The van der Waals surface area contributed by atoms with Gasteiger partial charge in [-0.1, -0.05) is 0 Å². The van der Waals surface area contributed by atoms with Crippen LogP contribution in [0.4, 0.5) is 0 Å². The number of aromatic carboxylic acids is 1. The molecular weight excluding hydrogens is 218 g/mol. The lowest BCUT2D eigenvalue weighted by Gasteiger charge is -2.26. The molecule has 5 nitrogen and oxygen atoms in total. The summed E-state index contributed by atoms with van der Waals surface area (Å²) in [5.74, 6) is -1.42. The van der Waals surface area contributed by atoms with E-state index >= 15 is 0 Å². The Balaban J connectivity index is 2.10. The van der Waals surface area contributed by atoms with E-state index in [9.17, 15) is 9.59 Å². The molecule has 0 spiro atoms. The highest BCUT2D eigenvalue weighted by Gasteiger charge is 2.24. The van der Waals surface area contributed by atoms with Crippen LogP contribution in [-0.4, -0.2) is 36.2 Å². The minimum atomic E-state index is -1.08. The number of hydrogen-bond acceptors (Lipinski definition) is 4. The summed E-state index contributed by atoms with van der Waals surface area (Å²) in [6.07, 6.45) is 0. The summed E-state index contributed by atoms with van der Waals surface area (Å²) in [6.45, 7) is 0.997. The molecule has 0 bridgehead atoms. The third-order valence-electron chi connectivity index (χ3n) is 2.11. The fraction of sp³-hybridized carbons (Fsp3) is 0.333. The lowest BCUT2D eigenvalue weighted by Crippen LogP contribution is -2.48. The molecule has 6 heteroatoms. The first kappa shape index (κ1) is 10.1. The summed E-state index contributed by atoms with van der Waals surface area (Å²) in [6, 6.07) is 0.0130. The van der Waals surface area contributed by atoms with Crippen molar-refractivity contribution >= 4 is 23.2 Å². The van der Waals surface area contributed by atoms with Gasteiger partial charge in [0, 0.05) is 10.8 Å². The second-order valence-corrected chi connectivity index (χ2v) is 3.96. The number of ether oxygens (including phenoxy) is 1. The van der Waals surface area contributed by atoms with Gasteiger partial charge in [-0.3, -0.25) is 4.79 Å². The standard InChI is InChI=1S/C9H9NO4S/c11-8(10-5-1-14-2-5)6-3-15-4-7(6)9(12)13/h3-5H,1-2H2,(H,10,11)(H,12,13). The van der Waals surface area contributed by atoms with E-state index in [0.29, 0.717) is 13.2 Å². The van der Waals surface area contributed by atoms with Gasteiger partial charge in [0.05, 0.1) is 30.4 Å². The molecule has 0 unspecified atom stereocenters. The zero-order valence-electron chi connectivity index (χ0n) is 7.73. The van der Waals surface area contributed by atoms with Gasteiger partial charge >= 0.3 is 5.97 Å². The van der Waals surface area contributed by atoms with Crippen molar-refractivity contribution in [2.45, 2.75) is 6.04 Å². The van der Waals surface area contributed by atoms with Crippen LogP contribution in [0, 0.1) is 0 Å². The first-order valence-electron chi connectivity index (χ1n) is 4.36. The maximum absolute atomic E-state index is 11.6. The summed E-state index contributed by atoms with van der Waals surface area (Å²) in [5.41, 5.74) is 0.275. The van der Waals surface area contributed by atoms with Crippen molar-refractivity contribution in [1.82, 2.24) is 5.32 Å². The number of carboxylic acid groups (broad SMARTS) is 1. The molecule has 2 rings (SSSR count). The largest absolute Gasteiger partial charge is 0.478 e. The fourth-order valence-electron chi connectivity index (χ4n) is 1.22. The van der Waals surface area contributed by atoms with Crippen LogP contribution >= 0.6 is 11.3 Å². The molecule has 2 heterocycles. The highest BCUT2D eigenvalue weighted by Crippen LogP contribution is 2.15. The molecule has 1 aromatic rings. The molecule has 0 aromatic carbocycles. The van der Waals surface area contributed by atoms with Crippen LogP contribution in [-0.2, 0) is 4.74 Å². The maximum Gasteiger partial charge on any atom is 0.337 e. The third kappa shape index (κ3) is 2.00. The SMILES string of the molecule is O=C(O)c1cscc1C(=O)NC1COC1. The van der Waals surface area contributed by atoms with E-state index in [1.54, 1.807) is 0 Å². The second kappa shape index (κ2) is 4.00. The quantitative estimate of drug-likeness (QED) is 0.791. The normalized spacial score (nSPS) is 15.7. The zero-order valence-corrected chi connectivity index (χ0v) is 8.54. The first-order chi connectivity index (χ1) is 7.18. The van der Waals surface area contributed by atoms with Crippen LogP contribution in [0.2, 0.25) is 0 Å². The van der Waals surface area contributed by atoms with Crippen LogP contribution in [0.3, 0.4) is 0 Å². The van der Waals surface area contributed by atoms with E-state index in [4.69, 9.17) is 9.84 Å². The van der Waals surface area contributed by atoms with Crippen LogP contribution in [0.15, 0.2) is 10.8 Å². The number of carbonyl (C=O) groups excluding carboxylic acids is 1. The summed E-state index contributed by atoms with van der Waals surface area (Å²) in [7, 11) is 0. The number of nitrogens with one attached hydrogen (secondary N) is 1. The van der Waals surface area contributed by atoms with E-state index in [2.05, 4.69) is 5.32 Å². The molecule has 1 amide bonds. The van der Waals surface area contributed by atoms with Gasteiger partial charge in [-0.25, -0.2) is 4.79 Å². The van der Waals surface area contributed by atoms with Gasteiger partial charge < -0.3 is 15.2 Å². The molecule has 0 saturated carbocycles. The highest BCUT2D eigenvalue weighted by atomic mass is 32.1. The molecule has 0 atom stereocenters. The van der Waals surface area contributed by atoms with Crippen molar-refractivity contribution in [2.75, 3.05) is 13.2 Å². The number of carboxylic acids is 1. The van der Waals surface area contributed by atoms with Crippen molar-refractivity contribution in [3.05, 3.63) is 21.9 Å². The van der Waals surface area contributed by atoms with Crippen LogP contribution in [0.5, 0.6) is 0 Å². The van der Waals surface area contributed by atoms with Gasteiger partial charge in [-0.15, -0.1) is 0 Å². The summed E-state index contributed by atoms with van der Waals surface area (Å²) in [4.78, 5) is 22.4. The molecule has 1 aromatic heterocycles. The van der Waals surface area contributed by atoms with Crippen molar-refractivity contribution in [2.24, 2.45) is 0 Å². The van der Waals surface area contributed by atoms with Crippen molar-refractivity contribution in [1.29, 1.82) is 0 Å². The van der Waals surface area contributed by atoms with Crippen LogP contribution < -0.4 is 5.32 Å². The smallest absolute Gasteiger partial charge is 0.337 e. The van der Waals surface area contributed by atoms with E-state index in [1.165, 1.54) is 22.1 Å². The molecule has 0 aliphatic carbocycles. The van der Waals surface area contributed by atoms with Crippen LogP contribution in [0.25, 0.3) is 0 Å². The second-order valence-electron chi connectivity index (χ2n) is 3.21. The summed E-state index contributed by atoms with van der Waals surface area (Å²) >= 11 is 1.20. The predicted octanol–water partition coefficient (Wildman–Crippen LogP) is 0.575. The van der Waals surface area contributed by atoms with E-state index < -0.39 is 5.97 Å². The van der Waals surface area contributed by atoms with Gasteiger partial charge in [0.2, 0.25) is 0 Å². The molecule has 1 aliphatic heterocycles. The summed E-state index contributed by atoms with van der Waals surface area (Å²) < 4.78 is 4.90. The number of carbonyl (C=O) groups is 2. The Kier molecular flexibility index (Phi) is 2.70. The van der Waals surface area contributed by atoms with Gasteiger partial charge in [0.1, 0.15) is 0 Å². The van der Waals surface area contributed by atoms with E-state index in [1.807, 2.05) is 0 Å². The fourth-order valence-corrected chi connectivity index (χ4v) is 2.02. The molecule has 1 aliphatic rings. The average molecular weight is 227 g/mol. The number of amides is 1. The number of thiophene rings is 1.